The minimum atomic E-state index is -0.0914. The van der Waals surface area contributed by atoms with Gasteiger partial charge >= 0.3 is 0 Å². The molecule has 1 aromatic heterocycles. The molecule has 0 aliphatic rings. The largest absolute Gasteiger partial charge is 0.339 e. The van der Waals surface area contributed by atoms with E-state index in [1.165, 1.54) is 11.9 Å². The van der Waals surface area contributed by atoms with Gasteiger partial charge in [0.05, 0.1) is 11.7 Å². The zero-order valence-electron chi connectivity index (χ0n) is 17.1. The van der Waals surface area contributed by atoms with Crippen LogP contribution in [0.2, 0.25) is 0 Å². The van der Waals surface area contributed by atoms with Crippen LogP contribution < -0.4 is 0 Å². The van der Waals surface area contributed by atoms with Crippen molar-refractivity contribution in [2.75, 3.05) is 7.05 Å². The first-order valence-corrected chi connectivity index (χ1v) is 9.82. The molecule has 1 heterocycles. The van der Waals surface area contributed by atoms with Gasteiger partial charge < -0.3 is 4.90 Å². The molecular weight excluding hydrogens is 364 g/mol. The van der Waals surface area contributed by atoms with E-state index in [1.54, 1.807) is 23.0 Å². The maximum atomic E-state index is 12.6. The lowest BCUT2D eigenvalue weighted by Gasteiger charge is -2.25. The summed E-state index contributed by atoms with van der Waals surface area (Å²) < 4.78 is 1.68. The minimum absolute atomic E-state index is 0.000703. The second-order valence-corrected chi connectivity index (χ2v) is 7.09. The number of Topliss-reactive ketones (excluding diaryl/α,β-unsaturated/α-hetero) is 1. The first-order valence-electron chi connectivity index (χ1n) is 9.82. The lowest BCUT2D eigenvalue weighted by atomic mass is 10.0. The topological polar surface area (TPSA) is 68.1 Å². The highest BCUT2D eigenvalue weighted by Gasteiger charge is 2.19. The van der Waals surface area contributed by atoms with Crippen LogP contribution in [-0.2, 0) is 11.2 Å². The van der Waals surface area contributed by atoms with Crippen LogP contribution in [0.1, 0.15) is 54.2 Å². The molecule has 0 saturated carbocycles. The smallest absolute Gasteiger partial charge is 0.223 e. The van der Waals surface area contributed by atoms with E-state index in [1.807, 2.05) is 55.5 Å². The van der Waals surface area contributed by atoms with Crippen LogP contribution in [0.15, 0.2) is 61.2 Å². The third-order valence-electron chi connectivity index (χ3n) is 5.28. The standard InChI is InChI=1S/C23H26N4O2/c1-4-18-5-7-20(8-6-18)22(28)13-14-23(29)26(3)17(2)19-9-11-21(12-10-19)27-16-24-15-25-27/h5-12,15-17H,4,13-14H2,1-3H3. The molecule has 2 aromatic carbocycles. The van der Waals surface area contributed by atoms with E-state index in [0.717, 1.165) is 17.7 Å². The molecule has 0 spiro atoms. The average molecular weight is 390 g/mol. The fourth-order valence-electron chi connectivity index (χ4n) is 3.15. The van der Waals surface area contributed by atoms with Crippen molar-refractivity contribution in [2.24, 2.45) is 0 Å². The van der Waals surface area contributed by atoms with Gasteiger partial charge in [-0.15, -0.1) is 0 Å². The molecule has 0 radical (unpaired) electrons. The zero-order valence-corrected chi connectivity index (χ0v) is 17.1. The van der Waals surface area contributed by atoms with Gasteiger partial charge in [0.15, 0.2) is 5.78 Å². The van der Waals surface area contributed by atoms with Crippen LogP contribution in [0.3, 0.4) is 0 Å². The number of nitrogens with zero attached hydrogens (tertiary/aromatic N) is 4. The van der Waals surface area contributed by atoms with Crippen molar-refractivity contribution >= 4 is 11.7 Å². The SMILES string of the molecule is CCc1ccc(C(=O)CCC(=O)N(C)C(C)c2ccc(-n3cncn3)cc2)cc1. The molecule has 0 bridgehead atoms. The lowest BCUT2D eigenvalue weighted by molar-refractivity contribution is -0.131. The fourth-order valence-corrected chi connectivity index (χ4v) is 3.15. The van der Waals surface area contributed by atoms with E-state index in [-0.39, 0.29) is 30.6 Å². The van der Waals surface area contributed by atoms with Crippen LogP contribution in [0, 0.1) is 0 Å². The van der Waals surface area contributed by atoms with Crippen LogP contribution in [-0.4, -0.2) is 38.4 Å². The highest BCUT2D eigenvalue weighted by Crippen LogP contribution is 2.21. The van der Waals surface area contributed by atoms with Crippen LogP contribution in [0.4, 0.5) is 0 Å². The van der Waals surface area contributed by atoms with Gasteiger partial charge in [0.2, 0.25) is 5.91 Å². The Bertz CT molecular complexity index is 948. The first kappa shape index (κ1) is 20.5. The van der Waals surface area contributed by atoms with Crippen molar-refractivity contribution in [1.82, 2.24) is 19.7 Å². The maximum absolute atomic E-state index is 12.6. The van der Waals surface area contributed by atoms with E-state index in [4.69, 9.17) is 0 Å². The van der Waals surface area contributed by atoms with Gasteiger partial charge in [-0.3, -0.25) is 9.59 Å². The summed E-state index contributed by atoms with van der Waals surface area (Å²) in [5.74, 6) is -0.0457. The fraction of sp³-hybridized carbons (Fsp3) is 0.304. The molecular formula is C23H26N4O2. The molecule has 0 fully saturated rings. The first-order chi connectivity index (χ1) is 14.0. The molecule has 0 saturated heterocycles. The van der Waals surface area contributed by atoms with E-state index in [9.17, 15) is 9.59 Å². The maximum Gasteiger partial charge on any atom is 0.223 e. The van der Waals surface area contributed by atoms with Gasteiger partial charge in [0.1, 0.15) is 12.7 Å². The van der Waals surface area contributed by atoms with Crippen LogP contribution in [0.5, 0.6) is 0 Å². The number of hydrogen-bond acceptors (Lipinski definition) is 4. The monoisotopic (exact) mass is 390 g/mol. The third-order valence-corrected chi connectivity index (χ3v) is 5.28. The van der Waals surface area contributed by atoms with Gasteiger partial charge in [0, 0.05) is 25.5 Å². The third kappa shape index (κ3) is 4.96. The second-order valence-electron chi connectivity index (χ2n) is 7.09. The Morgan fingerprint density at radius 2 is 1.72 bits per heavy atom. The summed E-state index contributed by atoms with van der Waals surface area (Å²) >= 11 is 0. The zero-order chi connectivity index (χ0) is 20.8. The number of rotatable bonds is 8. The van der Waals surface area contributed by atoms with Crippen LogP contribution >= 0.6 is 0 Å². The predicted octanol–water partition coefficient (Wildman–Crippen LogP) is 4.01. The van der Waals surface area contributed by atoms with Gasteiger partial charge in [-0.25, -0.2) is 9.67 Å². The van der Waals surface area contributed by atoms with E-state index in [0.29, 0.717) is 5.56 Å². The van der Waals surface area contributed by atoms with Crippen molar-refractivity contribution in [1.29, 1.82) is 0 Å². The number of hydrogen-bond donors (Lipinski definition) is 0. The predicted molar refractivity (Wildman–Crippen MR) is 112 cm³/mol. The molecule has 150 valence electrons. The molecule has 0 aliphatic carbocycles. The van der Waals surface area contributed by atoms with Crippen molar-refractivity contribution in [3.8, 4) is 5.69 Å². The van der Waals surface area contributed by atoms with Gasteiger partial charge in [-0.05, 0) is 36.6 Å². The molecule has 6 heteroatoms. The summed E-state index contributed by atoms with van der Waals surface area (Å²) in [6.45, 7) is 4.06. The summed E-state index contributed by atoms with van der Waals surface area (Å²) in [6, 6.07) is 15.4. The highest BCUT2D eigenvalue weighted by atomic mass is 16.2. The molecule has 1 atom stereocenters. The Morgan fingerprint density at radius 3 is 2.31 bits per heavy atom. The summed E-state index contributed by atoms with van der Waals surface area (Å²) in [4.78, 5) is 30.6. The molecule has 6 nitrogen and oxygen atoms in total. The Hall–Kier alpha value is -3.28. The Kier molecular flexibility index (Phi) is 6.54. The quantitative estimate of drug-likeness (QED) is 0.545. The van der Waals surface area contributed by atoms with Crippen molar-refractivity contribution in [2.45, 2.75) is 39.2 Å². The summed E-state index contributed by atoms with van der Waals surface area (Å²) in [5.41, 5.74) is 3.79. The number of aromatic nitrogens is 3. The summed E-state index contributed by atoms with van der Waals surface area (Å²) in [5, 5.41) is 4.11. The number of amides is 1. The van der Waals surface area contributed by atoms with Crippen molar-refractivity contribution in [3.05, 3.63) is 77.9 Å². The Balaban J connectivity index is 1.56. The van der Waals surface area contributed by atoms with Crippen molar-refractivity contribution < 1.29 is 9.59 Å². The summed E-state index contributed by atoms with van der Waals surface area (Å²) in [7, 11) is 1.78. The summed E-state index contributed by atoms with van der Waals surface area (Å²) in [6.07, 6.45) is 4.48. The molecule has 0 aliphatic heterocycles. The number of benzene rings is 2. The minimum Gasteiger partial charge on any atom is -0.339 e. The molecule has 3 aromatic rings. The van der Waals surface area contributed by atoms with Gasteiger partial charge in [-0.2, -0.15) is 5.10 Å². The molecule has 1 unspecified atom stereocenters. The second kappa shape index (κ2) is 9.28. The molecule has 3 rings (SSSR count). The normalized spacial score (nSPS) is 11.8. The van der Waals surface area contributed by atoms with E-state index in [2.05, 4.69) is 17.0 Å². The average Bonchev–Trinajstić information content (AvgIpc) is 3.31. The van der Waals surface area contributed by atoms with E-state index < -0.39 is 0 Å². The van der Waals surface area contributed by atoms with E-state index >= 15 is 0 Å². The highest BCUT2D eigenvalue weighted by molar-refractivity contribution is 5.98. The number of carbonyl (C=O) groups is 2. The van der Waals surface area contributed by atoms with Gasteiger partial charge in [0.25, 0.3) is 0 Å². The molecule has 29 heavy (non-hydrogen) atoms. The van der Waals surface area contributed by atoms with Crippen molar-refractivity contribution in [3.63, 3.8) is 0 Å². The van der Waals surface area contributed by atoms with Gasteiger partial charge in [-0.1, -0.05) is 43.3 Å². The molecule has 0 N–H and O–H groups in total. The number of aryl methyl sites for hydroxylation is 1. The number of ketones is 1. The Morgan fingerprint density at radius 1 is 1.03 bits per heavy atom. The Labute approximate surface area is 171 Å². The lowest BCUT2D eigenvalue weighted by Crippen LogP contribution is -2.29. The van der Waals surface area contributed by atoms with Crippen LogP contribution in [0.25, 0.3) is 5.69 Å². The molecule has 1 amide bonds. The number of carbonyl (C=O) groups excluding carboxylic acids is 2.